The molecule has 5 nitrogen and oxygen atoms in total. The van der Waals surface area contributed by atoms with Gasteiger partial charge in [-0.15, -0.1) is 0 Å². The first kappa shape index (κ1) is 21.3. The number of aromatic nitrogens is 2. The Balaban J connectivity index is 2.05. The van der Waals surface area contributed by atoms with E-state index in [4.69, 9.17) is 0 Å². The number of hydrogen-bond donors (Lipinski definition) is 2. The number of aromatic amines is 2. The lowest BCUT2D eigenvalue weighted by Gasteiger charge is -2.27. The van der Waals surface area contributed by atoms with Crippen LogP contribution in [0.1, 0.15) is 39.2 Å². The third kappa shape index (κ3) is 3.30. The topological polar surface area (TPSA) is 69.0 Å². The molecular formula is C28H29N3O2. The number of aryl methyl sites for hydroxylation is 1. The molecule has 0 unspecified atom stereocenters. The summed E-state index contributed by atoms with van der Waals surface area (Å²) in [6.07, 6.45) is 2.67. The number of nitrogens with one attached hydrogen (secondary N) is 2. The van der Waals surface area contributed by atoms with Crippen LogP contribution in [0.5, 0.6) is 0 Å². The van der Waals surface area contributed by atoms with E-state index in [1.165, 1.54) is 0 Å². The predicted octanol–water partition coefficient (Wildman–Crippen LogP) is 5.86. The van der Waals surface area contributed by atoms with Gasteiger partial charge in [0.1, 0.15) is 0 Å². The van der Waals surface area contributed by atoms with Gasteiger partial charge in [-0.1, -0.05) is 45.0 Å². The van der Waals surface area contributed by atoms with E-state index in [2.05, 4.69) is 35.6 Å². The molecule has 0 radical (unpaired) electrons. The summed E-state index contributed by atoms with van der Waals surface area (Å²) in [5.74, 6) is 0. The van der Waals surface area contributed by atoms with Gasteiger partial charge in [0.2, 0.25) is 0 Å². The zero-order chi connectivity index (χ0) is 23.1. The van der Waals surface area contributed by atoms with Crippen LogP contribution >= 0.6 is 0 Å². The van der Waals surface area contributed by atoms with Crippen LogP contribution in [0.15, 0.2) is 58.1 Å². The van der Waals surface area contributed by atoms with Crippen LogP contribution in [0.25, 0.3) is 43.6 Å². The van der Waals surface area contributed by atoms with Gasteiger partial charge in [0.25, 0.3) is 0 Å². The summed E-state index contributed by atoms with van der Waals surface area (Å²) in [6, 6.07) is 15.4. The maximum atomic E-state index is 13.8. The Labute approximate surface area is 192 Å². The number of rotatable bonds is 6. The average Bonchev–Trinajstić information content (AvgIpc) is 2.83. The van der Waals surface area contributed by atoms with Gasteiger partial charge in [-0.05, 0) is 49.1 Å². The zero-order valence-corrected chi connectivity index (χ0v) is 19.4. The fraction of sp³-hybridized carbons (Fsp3) is 0.286. The Morgan fingerprint density at radius 2 is 1.42 bits per heavy atom. The van der Waals surface area contributed by atoms with E-state index in [1.54, 1.807) is 0 Å². The number of nitrogens with zero attached hydrogens (tertiary/aromatic N) is 1. The van der Waals surface area contributed by atoms with Crippen LogP contribution in [-0.2, 0) is 6.42 Å². The molecule has 0 spiro atoms. The van der Waals surface area contributed by atoms with Gasteiger partial charge in [-0.25, -0.2) is 0 Å². The molecule has 0 aliphatic rings. The van der Waals surface area contributed by atoms with Crippen LogP contribution in [0.3, 0.4) is 0 Å². The molecule has 5 rings (SSSR count). The normalized spacial score (nSPS) is 11.7. The summed E-state index contributed by atoms with van der Waals surface area (Å²) >= 11 is 0. The van der Waals surface area contributed by atoms with E-state index in [0.29, 0.717) is 21.7 Å². The second-order valence-corrected chi connectivity index (χ2v) is 8.70. The fourth-order valence-electron chi connectivity index (χ4n) is 5.10. The molecule has 2 N–H and O–H groups in total. The Morgan fingerprint density at radius 3 is 2.15 bits per heavy atom. The molecule has 0 saturated carbocycles. The van der Waals surface area contributed by atoms with Gasteiger partial charge < -0.3 is 14.9 Å². The van der Waals surface area contributed by atoms with Gasteiger partial charge in [0.05, 0.1) is 33.0 Å². The summed E-state index contributed by atoms with van der Waals surface area (Å²) in [5.41, 5.74) is 4.93. The van der Waals surface area contributed by atoms with Gasteiger partial charge in [-0.2, -0.15) is 0 Å². The predicted molar refractivity (Wildman–Crippen MR) is 140 cm³/mol. The standard InChI is InChI=1S/C28H29N3O2/c1-4-14-31(15-5-2)26-24-22(29-20-12-8-7-11-18(20)27(24)32)16-19-25(26)30-21-13-9-10-17(6-3)23(21)28(19)33/h7-13,16H,4-6,14-15H2,1-3H3,(H,29,32)(H,30,33). The SMILES string of the molecule is CCCN(CCC)c1c2[nH]c3cccc(CC)c3c(=O)c2cc2[nH]c3ccccc3c(=O)c12. The minimum absolute atomic E-state index is 0.00305. The monoisotopic (exact) mass is 439 g/mol. The average molecular weight is 440 g/mol. The molecule has 0 amide bonds. The van der Waals surface area contributed by atoms with Crippen molar-refractivity contribution in [1.29, 1.82) is 0 Å². The molecular weight excluding hydrogens is 410 g/mol. The molecule has 2 aromatic heterocycles. The van der Waals surface area contributed by atoms with E-state index >= 15 is 0 Å². The number of para-hydroxylation sites is 1. The molecule has 2 heterocycles. The van der Waals surface area contributed by atoms with Crippen molar-refractivity contribution in [3.8, 4) is 0 Å². The number of anilines is 1. The molecule has 33 heavy (non-hydrogen) atoms. The zero-order valence-electron chi connectivity index (χ0n) is 19.4. The van der Waals surface area contributed by atoms with Crippen molar-refractivity contribution in [2.24, 2.45) is 0 Å². The van der Waals surface area contributed by atoms with Crippen molar-refractivity contribution in [3.63, 3.8) is 0 Å². The van der Waals surface area contributed by atoms with E-state index in [-0.39, 0.29) is 10.9 Å². The third-order valence-electron chi connectivity index (χ3n) is 6.54. The highest BCUT2D eigenvalue weighted by Gasteiger charge is 2.21. The third-order valence-corrected chi connectivity index (χ3v) is 6.54. The van der Waals surface area contributed by atoms with Crippen molar-refractivity contribution in [1.82, 2.24) is 9.97 Å². The molecule has 0 bridgehead atoms. The molecule has 0 fully saturated rings. The van der Waals surface area contributed by atoms with Crippen molar-refractivity contribution >= 4 is 49.3 Å². The second kappa shape index (κ2) is 8.39. The van der Waals surface area contributed by atoms with Gasteiger partial charge in [0.15, 0.2) is 10.9 Å². The molecule has 168 valence electrons. The molecule has 5 aromatic rings. The molecule has 0 saturated heterocycles. The number of H-pyrrole nitrogens is 2. The number of pyridine rings is 2. The van der Waals surface area contributed by atoms with E-state index in [9.17, 15) is 9.59 Å². The minimum Gasteiger partial charge on any atom is -0.369 e. The molecule has 0 atom stereocenters. The summed E-state index contributed by atoms with van der Waals surface area (Å²) in [6.45, 7) is 7.97. The second-order valence-electron chi connectivity index (χ2n) is 8.70. The highest BCUT2D eigenvalue weighted by Crippen LogP contribution is 2.34. The van der Waals surface area contributed by atoms with Crippen molar-refractivity contribution < 1.29 is 0 Å². The van der Waals surface area contributed by atoms with Gasteiger partial charge in [-0.3, -0.25) is 9.59 Å². The number of hydrogen-bond acceptors (Lipinski definition) is 3. The maximum absolute atomic E-state index is 13.8. The largest absolute Gasteiger partial charge is 0.369 e. The van der Waals surface area contributed by atoms with E-state index in [0.717, 1.165) is 65.5 Å². The summed E-state index contributed by atoms with van der Waals surface area (Å²) < 4.78 is 0. The molecule has 0 aliphatic heterocycles. The lowest BCUT2D eigenvalue weighted by atomic mass is 9.99. The first-order valence-electron chi connectivity index (χ1n) is 11.9. The highest BCUT2D eigenvalue weighted by atomic mass is 16.1. The summed E-state index contributed by atoms with van der Waals surface area (Å²) in [4.78, 5) is 36.9. The van der Waals surface area contributed by atoms with Crippen LogP contribution in [0.2, 0.25) is 0 Å². The lowest BCUT2D eigenvalue weighted by molar-refractivity contribution is 0.749. The highest BCUT2D eigenvalue weighted by molar-refractivity contribution is 6.13. The smallest absolute Gasteiger partial charge is 0.199 e. The van der Waals surface area contributed by atoms with Gasteiger partial charge >= 0.3 is 0 Å². The van der Waals surface area contributed by atoms with Crippen molar-refractivity contribution in [2.75, 3.05) is 18.0 Å². The van der Waals surface area contributed by atoms with E-state index in [1.807, 2.05) is 48.5 Å². The molecule has 3 aromatic carbocycles. The Hall–Kier alpha value is -3.60. The Morgan fingerprint density at radius 1 is 0.727 bits per heavy atom. The van der Waals surface area contributed by atoms with Crippen LogP contribution in [0.4, 0.5) is 5.69 Å². The first-order valence-corrected chi connectivity index (χ1v) is 11.9. The van der Waals surface area contributed by atoms with Crippen LogP contribution in [0, 0.1) is 0 Å². The maximum Gasteiger partial charge on any atom is 0.199 e. The van der Waals surface area contributed by atoms with Crippen molar-refractivity contribution in [2.45, 2.75) is 40.0 Å². The van der Waals surface area contributed by atoms with Crippen LogP contribution in [-0.4, -0.2) is 23.1 Å². The molecule has 0 aliphatic carbocycles. The first-order chi connectivity index (χ1) is 16.1. The van der Waals surface area contributed by atoms with Gasteiger partial charge in [0, 0.05) is 29.4 Å². The lowest BCUT2D eigenvalue weighted by Crippen LogP contribution is -2.27. The summed E-state index contributed by atoms with van der Waals surface area (Å²) in [5, 5.41) is 2.66. The Kier molecular flexibility index (Phi) is 5.41. The van der Waals surface area contributed by atoms with Crippen molar-refractivity contribution in [3.05, 3.63) is 74.5 Å². The van der Waals surface area contributed by atoms with E-state index < -0.39 is 0 Å². The Bertz CT molecular complexity index is 1620. The summed E-state index contributed by atoms with van der Waals surface area (Å²) in [7, 11) is 0. The van der Waals surface area contributed by atoms with Crippen LogP contribution < -0.4 is 15.8 Å². The minimum atomic E-state index is -0.00305. The number of benzene rings is 3. The number of fused-ring (bicyclic) bond motifs is 4. The quantitative estimate of drug-likeness (QED) is 0.325. The molecule has 5 heteroatoms. The fourth-order valence-corrected chi connectivity index (χ4v) is 5.10.